The Kier molecular flexibility index (Phi) is 3.64. The molecule has 4 nitrogen and oxygen atoms in total. The molecule has 1 saturated carbocycles. The van der Waals surface area contributed by atoms with Crippen molar-refractivity contribution >= 4 is 20.6 Å². The van der Waals surface area contributed by atoms with Gasteiger partial charge in [-0.1, -0.05) is 20.8 Å². The fraction of sp³-hybridized carbons (Fsp3) is 0.857. The molecule has 0 radical (unpaired) electrons. The number of carbonyl (C=O) groups is 2. The van der Waals surface area contributed by atoms with Gasteiger partial charge < -0.3 is 14.0 Å². The van der Waals surface area contributed by atoms with Crippen LogP contribution >= 0.6 is 0 Å². The van der Waals surface area contributed by atoms with Crippen molar-refractivity contribution in [1.29, 1.82) is 0 Å². The van der Waals surface area contributed by atoms with Gasteiger partial charge in [0.1, 0.15) is 12.4 Å². The van der Waals surface area contributed by atoms with Crippen LogP contribution in [0, 0.1) is 11.8 Å². The van der Waals surface area contributed by atoms with E-state index in [1.165, 1.54) is 0 Å². The van der Waals surface area contributed by atoms with Crippen LogP contribution in [0.3, 0.4) is 0 Å². The van der Waals surface area contributed by atoms with Gasteiger partial charge in [-0.3, -0.25) is 4.79 Å². The van der Waals surface area contributed by atoms with Gasteiger partial charge in [-0.05, 0) is 18.1 Å². The average Bonchev–Trinajstić information content (AvgIpc) is 2.70. The summed E-state index contributed by atoms with van der Waals surface area (Å²) >= 11 is 0. The first kappa shape index (κ1) is 14.7. The lowest BCUT2D eigenvalue weighted by Crippen LogP contribution is -2.45. The third kappa shape index (κ3) is 2.63. The summed E-state index contributed by atoms with van der Waals surface area (Å²) in [6.45, 7) is 10.9. The number of hydrogen-bond donors (Lipinski definition) is 0. The Balaban J connectivity index is 2.11. The number of aldehydes is 1. The second-order valence-corrected chi connectivity index (χ2v) is 12.0. The maximum atomic E-state index is 11.4. The van der Waals surface area contributed by atoms with E-state index in [-0.39, 0.29) is 35.1 Å². The van der Waals surface area contributed by atoms with Gasteiger partial charge in [-0.2, -0.15) is 0 Å². The van der Waals surface area contributed by atoms with Crippen LogP contribution in [0.4, 0.5) is 0 Å². The zero-order valence-corrected chi connectivity index (χ0v) is 13.4. The van der Waals surface area contributed by atoms with Gasteiger partial charge in [0, 0.05) is 18.3 Å². The van der Waals surface area contributed by atoms with E-state index >= 15 is 0 Å². The largest absolute Gasteiger partial charge is 0.462 e. The third-order valence-corrected chi connectivity index (χ3v) is 9.46. The summed E-state index contributed by atoms with van der Waals surface area (Å²) in [5.41, 5.74) is 0. The highest BCUT2D eigenvalue weighted by Crippen LogP contribution is 2.45. The SMILES string of the molecule is CC(C)(C)[Si](C)(C)OC1CC2OC(=O)CC2[C@H]1C=O. The Bertz CT molecular complexity index is 385. The van der Waals surface area contributed by atoms with Gasteiger partial charge in [0.05, 0.1) is 12.5 Å². The summed E-state index contributed by atoms with van der Waals surface area (Å²) in [5.74, 6) is -0.335. The van der Waals surface area contributed by atoms with Crippen LogP contribution in [-0.2, 0) is 18.8 Å². The maximum Gasteiger partial charge on any atom is 0.306 e. The molecule has 1 aliphatic carbocycles. The number of rotatable bonds is 3. The molecule has 4 atom stereocenters. The highest BCUT2D eigenvalue weighted by atomic mass is 28.4. The van der Waals surface area contributed by atoms with Crippen LogP contribution in [0.5, 0.6) is 0 Å². The lowest BCUT2D eigenvalue weighted by molar-refractivity contribution is -0.141. The Morgan fingerprint density at radius 3 is 2.53 bits per heavy atom. The topological polar surface area (TPSA) is 52.6 Å². The van der Waals surface area contributed by atoms with Crippen molar-refractivity contribution in [3.05, 3.63) is 0 Å². The fourth-order valence-corrected chi connectivity index (χ4v) is 4.13. The molecule has 1 aliphatic heterocycles. The minimum Gasteiger partial charge on any atom is -0.462 e. The lowest BCUT2D eigenvalue weighted by atomic mass is 9.94. The van der Waals surface area contributed by atoms with E-state index in [1.54, 1.807) is 0 Å². The molecule has 0 aromatic rings. The van der Waals surface area contributed by atoms with Crippen molar-refractivity contribution < 1.29 is 18.8 Å². The molecule has 0 aromatic heterocycles. The summed E-state index contributed by atoms with van der Waals surface area (Å²) in [6, 6.07) is 0. The quantitative estimate of drug-likeness (QED) is 0.454. The number of ether oxygens (including phenoxy) is 1. The zero-order chi connectivity index (χ0) is 14.4. The standard InChI is InChI=1S/C14H24O4Si/c1-14(2,3)19(4,5)18-12-7-11-9(10(12)8-15)6-13(16)17-11/h8-12H,6-7H2,1-5H3/t9?,10-,11?,12?/m1/s1. The lowest BCUT2D eigenvalue weighted by Gasteiger charge is -2.39. The molecule has 19 heavy (non-hydrogen) atoms. The molecule has 2 fully saturated rings. The van der Waals surface area contributed by atoms with Crippen LogP contribution in [-0.4, -0.2) is 32.8 Å². The Morgan fingerprint density at radius 2 is 2.00 bits per heavy atom. The van der Waals surface area contributed by atoms with Crippen molar-refractivity contribution in [1.82, 2.24) is 0 Å². The molecule has 0 aromatic carbocycles. The van der Waals surface area contributed by atoms with E-state index < -0.39 is 8.32 Å². The van der Waals surface area contributed by atoms with E-state index in [4.69, 9.17) is 9.16 Å². The molecule has 0 N–H and O–H groups in total. The molecule has 1 heterocycles. The van der Waals surface area contributed by atoms with Gasteiger partial charge in [0.2, 0.25) is 0 Å². The summed E-state index contributed by atoms with van der Waals surface area (Å²) in [5, 5.41) is 0.120. The van der Waals surface area contributed by atoms with Crippen molar-refractivity contribution in [2.24, 2.45) is 11.8 Å². The minimum atomic E-state index is -1.89. The maximum absolute atomic E-state index is 11.4. The van der Waals surface area contributed by atoms with Gasteiger partial charge in [-0.15, -0.1) is 0 Å². The zero-order valence-electron chi connectivity index (χ0n) is 12.4. The van der Waals surface area contributed by atoms with Crippen LogP contribution < -0.4 is 0 Å². The van der Waals surface area contributed by atoms with Crippen LogP contribution in [0.25, 0.3) is 0 Å². The fourth-order valence-electron chi connectivity index (χ4n) is 2.77. The highest BCUT2D eigenvalue weighted by Gasteiger charge is 2.53. The van der Waals surface area contributed by atoms with Crippen molar-refractivity contribution in [3.63, 3.8) is 0 Å². The van der Waals surface area contributed by atoms with E-state index in [0.717, 1.165) is 6.29 Å². The Labute approximate surface area is 116 Å². The Morgan fingerprint density at radius 1 is 1.37 bits per heavy atom. The molecule has 108 valence electrons. The predicted octanol–water partition coefficient (Wildman–Crippen LogP) is 2.53. The van der Waals surface area contributed by atoms with Gasteiger partial charge in [0.25, 0.3) is 0 Å². The molecule has 3 unspecified atom stereocenters. The molecule has 0 spiro atoms. The summed E-state index contributed by atoms with van der Waals surface area (Å²) in [7, 11) is -1.89. The van der Waals surface area contributed by atoms with Crippen molar-refractivity contribution in [3.8, 4) is 0 Å². The molecule has 2 aliphatic rings. The van der Waals surface area contributed by atoms with Crippen LogP contribution in [0.2, 0.25) is 18.1 Å². The smallest absolute Gasteiger partial charge is 0.306 e. The molecule has 5 heteroatoms. The van der Waals surface area contributed by atoms with Gasteiger partial charge >= 0.3 is 5.97 Å². The van der Waals surface area contributed by atoms with E-state index in [1.807, 2.05) is 0 Å². The summed E-state index contributed by atoms with van der Waals surface area (Å²) in [4.78, 5) is 22.7. The summed E-state index contributed by atoms with van der Waals surface area (Å²) < 4.78 is 11.6. The normalized spacial score (nSPS) is 35.1. The van der Waals surface area contributed by atoms with Crippen molar-refractivity contribution in [2.75, 3.05) is 0 Å². The monoisotopic (exact) mass is 284 g/mol. The van der Waals surface area contributed by atoms with Gasteiger partial charge in [0.15, 0.2) is 8.32 Å². The van der Waals surface area contributed by atoms with Crippen LogP contribution in [0.15, 0.2) is 0 Å². The number of fused-ring (bicyclic) bond motifs is 1. The molecular weight excluding hydrogens is 260 g/mol. The molecular formula is C14H24O4Si. The van der Waals surface area contributed by atoms with E-state index in [2.05, 4.69) is 33.9 Å². The molecule has 0 bridgehead atoms. The average molecular weight is 284 g/mol. The van der Waals surface area contributed by atoms with Gasteiger partial charge in [-0.25, -0.2) is 0 Å². The highest BCUT2D eigenvalue weighted by molar-refractivity contribution is 6.74. The first-order valence-corrected chi connectivity index (χ1v) is 9.89. The molecule has 2 rings (SSSR count). The first-order valence-electron chi connectivity index (χ1n) is 6.98. The Hall–Kier alpha value is -0.683. The molecule has 0 amide bonds. The number of hydrogen-bond acceptors (Lipinski definition) is 4. The molecule has 1 saturated heterocycles. The van der Waals surface area contributed by atoms with Crippen molar-refractivity contribution in [2.45, 2.75) is 64.0 Å². The second kappa shape index (κ2) is 4.70. The minimum absolute atomic E-state index is 0.0276. The second-order valence-electron chi connectivity index (χ2n) is 7.26. The van der Waals surface area contributed by atoms with Crippen LogP contribution in [0.1, 0.15) is 33.6 Å². The third-order valence-electron chi connectivity index (χ3n) is 4.96. The summed E-state index contributed by atoms with van der Waals surface area (Å²) in [6.07, 6.45) is 1.81. The predicted molar refractivity (Wildman–Crippen MR) is 74.2 cm³/mol. The first-order chi connectivity index (χ1) is 8.65. The number of carbonyl (C=O) groups excluding carboxylic acids is 2. The van der Waals surface area contributed by atoms with E-state index in [9.17, 15) is 9.59 Å². The van der Waals surface area contributed by atoms with E-state index in [0.29, 0.717) is 12.8 Å². The number of esters is 1.